The van der Waals surface area contributed by atoms with Crippen molar-refractivity contribution in [3.05, 3.63) is 46.5 Å². The summed E-state index contributed by atoms with van der Waals surface area (Å²) in [6, 6.07) is 9.56. The Labute approximate surface area is 295 Å². The van der Waals surface area contributed by atoms with Gasteiger partial charge in [-0.05, 0) is 85.4 Å². The van der Waals surface area contributed by atoms with E-state index in [2.05, 4.69) is 0 Å². The highest BCUT2D eigenvalue weighted by molar-refractivity contribution is 5.68. The van der Waals surface area contributed by atoms with Crippen LogP contribution in [0.25, 0.3) is 0 Å². The lowest BCUT2D eigenvalue weighted by Gasteiger charge is -2.34. The van der Waals surface area contributed by atoms with Gasteiger partial charge < -0.3 is 44.0 Å². The van der Waals surface area contributed by atoms with Crippen LogP contribution >= 0.6 is 0 Å². The Bertz CT molecular complexity index is 1440. The maximum absolute atomic E-state index is 12.2. The third-order valence-electron chi connectivity index (χ3n) is 7.84. The van der Waals surface area contributed by atoms with Crippen LogP contribution in [0.5, 0.6) is 23.0 Å². The Hall–Kier alpha value is -4.62. The van der Waals surface area contributed by atoms with Crippen molar-refractivity contribution in [1.82, 2.24) is 9.80 Å². The van der Waals surface area contributed by atoms with E-state index in [-0.39, 0.29) is 29.7 Å². The minimum atomic E-state index is -0.531. The van der Waals surface area contributed by atoms with Gasteiger partial charge >= 0.3 is 12.2 Å². The van der Waals surface area contributed by atoms with Gasteiger partial charge in [0.2, 0.25) is 0 Å². The average molecular weight is 703 g/mol. The van der Waals surface area contributed by atoms with Crippen molar-refractivity contribution < 1.29 is 42.9 Å². The third kappa shape index (κ3) is 13.0. The van der Waals surface area contributed by atoms with E-state index in [1.54, 1.807) is 35.1 Å². The van der Waals surface area contributed by atoms with Crippen LogP contribution in [0.1, 0.15) is 67.2 Å². The Kier molecular flexibility index (Phi) is 14.2. The minimum Gasteiger partial charge on any atom is -0.493 e. The Morgan fingerprint density at radius 3 is 1.62 bits per heavy atom. The number of hydrogen-bond donors (Lipinski definition) is 1. The van der Waals surface area contributed by atoms with E-state index in [0.717, 1.165) is 32.2 Å². The summed E-state index contributed by atoms with van der Waals surface area (Å²) in [7, 11) is 3.09. The topological polar surface area (TPSA) is 165 Å². The number of piperidine rings is 2. The van der Waals surface area contributed by atoms with Crippen LogP contribution in [0, 0.1) is 22.0 Å². The first kappa shape index (κ1) is 39.8. The van der Waals surface area contributed by atoms with Gasteiger partial charge in [0.25, 0.3) is 5.69 Å². The van der Waals surface area contributed by atoms with Crippen molar-refractivity contribution in [1.29, 1.82) is 0 Å². The molecule has 0 aromatic heterocycles. The number of likely N-dealkylation sites (tertiary alicyclic amines) is 2. The lowest BCUT2D eigenvalue weighted by molar-refractivity contribution is -0.385. The fraction of sp³-hybridized carbons (Fsp3) is 0.611. The summed E-state index contributed by atoms with van der Waals surface area (Å²) in [6.07, 6.45) is 3.16. The average Bonchev–Trinajstić information content (AvgIpc) is 3.05. The molecule has 0 aliphatic carbocycles. The van der Waals surface area contributed by atoms with E-state index in [1.807, 2.05) is 41.5 Å². The van der Waals surface area contributed by atoms with Crippen molar-refractivity contribution in [2.24, 2.45) is 11.8 Å². The van der Waals surface area contributed by atoms with Gasteiger partial charge in [0.1, 0.15) is 11.2 Å². The summed E-state index contributed by atoms with van der Waals surface area (Å²) in [5, 5.41) is 10.9. The summed E-state index contributed by atoms with van der Waals surface area (Å²) in [4.78, 5) is 38.3. The van der Waals surface area contributed by atoms with Crippen molar-refractivity contribution in [2.45, 2.75) is 78.4 Å². The van der Waals surface area contributed by atoms with Gasteiger partial charge in [0, 0.05) is 55.8 Å². The monoisotopic (exact) mass is 702 g/mol. The molecule has 2 amide bonds. The number of carbonyl (C=O) groups is 2. The molecule has 2 aliphatic heterocycles. The number of anilines is 1. The second-order valence-electron chi connectivity index (χ2n) is 14.5. The Morgan fingerprint density at radius 1 is 0.760 bits per heavy atom. The van der Waals surface area contributed by atoms with Crippen LogP contribution in [0.4, 0.5) is 21.0 Å². The first-order valence-electron chi connectivity index (χ1n) is 17.0. The highest BCUT2D eigenvalue weighted by Crippen LogP contribution is 2.33. The highest BCUT2D eigenvalue weighted by Gasteiger charge is 2.29. The molecule has 4 rings (SSSR count). The van der Waals surface area contributed by atoms with E-state index in [4.69, 9.17) is 34.2 Å². The minimum absolute atomic E-state index is 0.0557. The van der Waals surface area contributed by atoms with Crippen LogP contribution in [-0.2, 0) is 9.47 Å². The number of benzene rings is 2. The van der Waals surface area contributed by atoms with Crippen LogP contribution in [0.3, 0.4) is 0 Å². The second kappa shape index (κ2) is 17.9. The number of hydrogen-bond acceptors (Lipinski definition) is 11. The number of carbonyl (C=O) groups excluding carboxylic acids is 2. The fourth-order valence-corrected chi connectivity index (χ4v) is 5.50. The predicted octanol–water partition coefficient (Wildman–Crippen LogP) is 6.93. The number of amides is 2. The molecule has 2 N–H and O–H groups in total. The summed E-state index contributed by atoms with van der Waals surface area (Å²) >= 11 is 0. The van der Waals surface area contributed by atoms with Gasteiger partial charge in [0.15, 0.2) is 23.0 Å². The smallest absolute Gasteiger partial charge is 0.410 e. The molecule has 2 aromatic rings. The lowest BCUT2D eigenvalue weighted by atomic mass is 9.99. The van der Waals surface area contributed by atoms with Gasteiger partial charge in [-0.2, -0.15) is 0 Å². The SMILES string of the molecule is COc1ccc(N)cc1OCC1CCCN(C(=O)OC(C)(C)C)C1.COc1ccc([N+](=O)[O-])cc1OCC1CCCN(C(=O)OC(C)(C)C)C1. The standard InChI is InChI=1S/C18H26N2O6.C18H28N2O4/c1-18(2,3)26-17(21)19-9-5-6-13(11-19)12-25-16-10-14(20(22)23)7-8-15(16)24-4;1-18(2,3)24-17(21)20-9-5-6-13(11-20)12-23-16-10-14(19)7-8-15(16)22-4/h7-8,10,13H,5-6,9,11-12H2,1-4H3;7-8,10,13H,5-6,9,11-12,19H2,1-4H3. The molecule has 2 atom stereocenters. The maximum Gasteiger partial charge on any atom is 0.410 e. The second-order valence-corrected chi connectivity index (χ2v) is 14.5. The normalized spacial score (nSPS) is 17.8. The molecule has 2 aromatic carbocycles. The van der Waals surface area contributed by atoms with Crippen molar-refractivity contribution in [3.63, 3.8) is 0 Å². The quantitative estimate of drug-likeness (QED) is 0.164. The summed E-state index contributed by atoms with van der Waals surface area (Å²) in [5.41, 5.74) is 5.37. The third-order valence-corrected chi connectivity index (χ3v) is 7.84. The molecule has 14 heteroatoms. The maximum atomic E-state index is 12.2. The van der Waals surface area contributed by atoms with Gasteiger partial charge in [-0.1, -0.05) is 0 Å². The molecule has 2 heterocycles. The van der Waals surface area contributed by atoms with Crippen LogP contribution in [-0.4, -0.2) is 91.7 Å². The van der Waals surface area contributed by atoms with Crippen molar-refractivity contribution in [3.8, 4) is 23.0 Å². The molecule has 0 spiro atoms. The van der Waals surface area contributed by atoms with Crippen molar-refractivity contribution in [2.75, 3.05) is 59.3 Å². The molecule has 2 unspecified atom stereocenters. The summed E-state index contributed by atoms with van der Waals surface area (Å²) in [6.45, 7) is 14.6. The number of nitro benzene ring substituents is 1. The largest absolute Gasteiger partial charge is 0.493 e. The highest BCUT2D eigenvalue weighted by atomic mass is 16.6. The number of rotatable bonds is 9. The van der Waals surface area contributed by atoms with E-state index < -0.39 is 16.1 Å². The molecule has 0 radical (unpaired) electrons. The van der Waals surface area contributed by atoms with Gasteiger partial charge in [0.05, 0.1) is 38.4 Å². The Morgan fingerprint density at radius 2 is 1.20 bits per heavy atom. The first-order chi connectivity index (χ1) is 23.5. The van der Waals surface area contributed by atoms with E-state index in [0.29, 0.717) is 61.5 Å². The number of ether oxygens (including phenoxy) is 6. The Balaban J connectivity index is 0.000000271. The zero-order valence-corrected chi connectivity index (χ0v) is 30.7. The van der Waals surface area contributed by atoms with Crippen LogP contribution in [0.2, 0.25) is 0 Å². The molecule has 50 heavy (non-hydrogen) atoms. The molecule has 14 nitrogen and oxygen atoms in total. The molecule has 0 saturated carbocycles. The molecule has 2 saturated heterocycles. The number of methoxy groups -OCH3 is 2. The van der Waals surface area contributed by atoms with Gasteiger partial charge in [-0.15, -0.1) is 0 Å². The first-order valence-corrected chi connectivity index (χ1v) is 17.0. The molecule has 2 aliphatic rings. The molecule has 278 valence electrons. The number of nitrogens with zero attached hydrogens (tertiary/aromatic N) is 3. The van der Waals surface area contributed by atoms with Crippen LogP contribution in [0.15, 0.2) is 36.4 Å². The van der Waals surface area contributed by atoms with Crippen molar-refractivity contribution >= 4 is 23.6 Å². The molecular weight excluding hydrogens is 648 g/mol. The number of nitrogens with two attached hydrogens (primary N) is 1. The number of nitrogen functional groups attached to an aromatic ring is 1. The van der Waals surface area contributed by atoms with E-state index in [1.165, 1.54) is 25.3 Å². The van der Waals surface area contributed by atoms with E-state index in [9.17, 15) is 19.7 Å². The predicted molar refractivity (Wildman–Crippen MR) is 189 cm³/mol. The fourth-order valence-electron chi connectivity index (χ4n) is 5.50. The zero-order valence-electron chi connectivity index (χ0n) is 30.7. The number of nitro groups is 1. The summed E-state index contributed by atoms with van der Waals surface area (Å²) < 4.78 is 33.0. The summed E-state index contributed by atoms with van der Waals surface area (Å²) in [5.74, 6) is 2.44. The van der Waals surface area contributed by atoms with Gasteiger partial charge in [-0.3, -0.25) is 10.1 Å². The molecule has 2 fully saturated rings. The lowest BCUT2D eigenvalue weighted by Crippen LogP contribution is -2.44. The molecular formula is C36H54N4O10. The zero-order chi connectivity index (χ0) is 37.1. The number of non-ortho nitro benzene ring substituents is 1. The molecule has 0 bridgehead atoms. The van der Waals surface area contributed by atoms with Gasteiger partial charge in [-0.25, -0.2) is 9.59 Å². The van der Waals surface area contributed by atoms with E-state index >= 15 is 0 Å². The van der Waals surface area contributed by atoms with Crippen LogP contribution < -0.4 is 24.7 Å².